The van der Waals surface area contributed by atoms with Crippen molar-refractivity contribution in [3.63, 3.8) is 0 Å². The Kier molecular flexibility index (Phi) is 5.85. The van der Waals surface area contributed by atoms with Crippen LogP contribution in [-0.4, -0.2) is 18.3 Å². The first-order valence-corrected chi connectivity index (χ1v) is 6.62. The molecule has 1 atom stereocenters. The van der Waals surface area contributed by atoms with Gasteiger partial charge in [-0.2, -0.15) is 0 Å². The lowest BCUT2D eigenvalue weighted by molar-refractivity contribution is 0.684. The van der Waals surface area contributed by atoms with Crippen LogP contribution in [0.5, 0.6) is 0 Å². The lowest BCUT2D eigenvalue weighted by Crippen LogP contribution is -2.29. The second-order valence-corrected chi connectivity index (χ2v) is 4.93. The fourth-order valence-corrected chi connectivity index (χ4v) is 2.72. The normalized spacial score (nSPS) is 12.1. The molecule has 0 heterocycles. The highest BCUT2D eigenvalue weighted by atomic mass is 79.9. The average Bonchev–Trinajstić information content (AvgIpc) is 2.26. The number of halogens is 1. The minimum absolute atomic E-state index is 0.145. The molecule has 0 aliphatic carbocycles. The third kappa shape index (κ3) is 4.29. The van der Waals surface area contributed by atoms with Crippen LogP contribution in [0.1, 0.15) is 6.92 Å². The van der Waals surface area contributed by atoms with E-state index in [0.29, 0.717) is 0 Å². The maximum Gasteiger partial charge on any atom is 0.0782 e. The van der Waals surface area contributed by atoms with Gasteiger partial charge < -0.3 is 5.32 Å². The van der Waals surface area contributed by atoms with Crippen LogP contribution in [0.15, 0.2) is 33.6 Å². The molecule has 1 nitrogen and oxygen atoms in total. The van der Waals surface area contributed by atoms with E-state index in [-0.39, 0.29) is 6.04 Å². The Hall–Kier alpha value is -0.430. The van der Waals surface area contributed by atoms with E-state index in [9.17, 15) is 0 Å². The van der Waals surface area contributed by atoms with Gasteiger partial charge in [-0.1, -0.05) is 25.0 Å². The Morgan fingerprint density at radius 3 is 2.87 bits per heavy atom. The molecule has 0 amide bonds. The summed E-state index contributed by atoms with van der Waals surface area (Å²) in [5.41, 5.74) is 0. The molecule has 0 radical (unpaired) electrons. The molecule has 80 valence electrons. The summed E-state index contributed by atoms with van der Waals surface area (Å²) in [6.45, 7) is 2.97. The molecule has 0 aliphatic rings. The van der Waals surface area contributed by atoms with Gasteiger partial charge >= 0.3 is 0 Å². The van der Waals surface area contributed by atoms with Crippen molar-refractivity contribution < 1.29 is 0 Å². The summed E-state index contributed by atoms with van der Waals surface area (Å²) in [4.78, 5) is 1.23. The Labute approximate surface area is 104 Å². The van der Waals surface area contributed by atoms with Gasteiger partial charge in [0.25, 0.3) is 0 Å². The highest BCUT2D eigenvalue weighted by molar-refractivity contribution is 9.10. The lowest BCUT2D eigenvalue weighted by atomic mass is 10.3. The first kappa shape index (κ1) is 12.6. The quantitative estimate of drug-likeness (QED) is 0.658. The highest BCUT2D eigenvalue weighted by Gasteiger charge is 2.05. The molecule has 0 aliphatic heterocycles. The number of hydrogen-bond donors (Lipinski definition) is 1. The Bertz CT molecular complexity index is 346. The predicted octanol–water partition coefficient (Wildman–Crippen LogP) is 3.15. The molecule has 1 rings (SSSR count). The topological polar surface area (TPSA) is 12.0 Å². The van der Waals surface area contributed by atoms with Crippen molar-refractivity contribution in [2.24, 2.45) is 0 Å². The summed E-state index contributed by atoms with van der Waals surface area (Å²) < 4.78 is 1.13. The number of terminal acetylenes is 1. The molecule has 15 heavy (non-hydrogen) atoms. The molecule has 0 saturated carbocycles. The highest BCUT2D eigenvalue weighted by Crippen LogP contribution is 2.27. The largest absolute Gasteiger partial charge is 0.303 e. The Morgan fingerprint density at radius 1 is 1.53 bits per heavy atom. The summed E-state index contributed by atoms with van der Waals surface area (Å²) in [7, 11) is 0. The molecule has 0 aromatic heterocycles. The van der Waals surface area contributed by atoms with Crippen molar-refractivity contribution in [2.45, 2.75) is 17.9 Å². The van der Waals surface area contributed by atoms with E-state index < -0.39 is 0 Å². The van der Waals surface area contributed by atoms with E-state index in [1.54, 1.807) is 11.8 Å². The maximum atomic E-state index is 5.42. The average molecular weight is 284 g/mol. The van der Waals surface area contributed by atoms with Gasteiger partial charge in [-0.25, -0.2) is 0 Å². The SMILES string of the molecule is C#CC(CSc1ccccc1Br)NCC. The third-order valence-corrected chi connectivity index (χ3v) is 4.01. The zero-order chi connectivity index (χ0) is 11.1. The number of benzene rings is 1. The van der Waals surface area contributed by atoms with Crippen molar-refractivity contribution in [3.8, 4) is 12.3 Å². The van der Waals surface area contributed by atoms with Gasteiger partial charge in [0.2, 0.25) is 0 Å². The first-order chi connectivity index (χ1) is 7.27. The second-order valence-electron chi connectivity index (χ2n) is 3.02. The first-order valence-electron chi connectivity index (χ1n) is 4.84. The second kappa shape index (κ2) is 6.95. The molecule has 1 aromatic rings. The molecular formula is C12H14BrNS. The van der Waals surface area contributed by atoms with Gasteiger partial charge in [0, 0.05) is 15.1 Å². The molecule has 1 N–H and O–H groups in total. The van der Waals surface area contributed by atoms with Gasteiger partial charge in [0.1, 0.15) is 0 Å². The van der Waals surface area contributed by atoms with Crippen molar-refractivity contribution in [3.05, 3.63) is 28.7 Å². The number of rotatable bonds is 5. The van der Waals surface area contributed by atoms with Gasteiger partial charge in [-0.15, -0.1) is 18.2 Å². The van der Waals surface area contributed by atoms with Crippen LogP contribution in [0.3, 0.4) is 0 Å². The van der Waals surface area contributed by atoms with Crippen LogP contribution in [0.25, 0.3) is 0 Å². The van der Waals surface area contributed by atoms with Crippen molar-refractivity contribution in [2.75, 3.05) is 12.3 Å². The van der Waals surface area contributed by atoms with E-state index in [4.69, 9.17) is 6.42 Å². The molecule has 0 spiro atoms. The van der Waals surface area contributed by atoms with E-state index in [2.05, 4.69) is 40.2 Å². The number of hydrogen-bond acceptors (Lipinski definition) is 2. The zero-order valence-electron chi connectivity index (χ0n) is 8.66. The Balaban J connectivity index is 2.50. The fraction of sp³-hybridized carbons (Fsp3) is 0.333. The van der Waals surface area contributed by atoms with Crippen LogP contribution in [-0.2, 0) is 0 Å². The molecule has 0 saturated heterocycles. The minimum atomic E-state index is 0.145. The van der Waals surface area contributed by atoms with Gasteiger partial charge in [0.05, 0.1) is 6.04 Å². The van der Waals surface area contributed by atoms with E-state index in [0.717, 1.165) is 16.8 Å². The van der Waals surface area contributed by atoms with Crippen LogP contribution in [0.2, 0.25) is 0 Å². The lowest BCUT2D eigenvalue weighted by Gasteiger charge is -2.11. The van der Waals surface area contributed by atoms with Crippen LogP contribution < -0.4 is 5.32 Å². The minimum Gasteiger partial charge on any atom is -0.303 e. The predicted molar refractivity (Wildman–Crippen MR) is 71.2 cm³/mol. The van der Waals surface area contributed by atoms with Crippen molar-refractivity contribution in [1.29, 1.82) is 0 Å². The molecule has 1 unspecified atom stereocenters. The number of nitrogens with one attached hydrogen (secondary N) is 1. The summed E-state index contributed by atoms with van der Waals surface area (Å²) >= 11 is 5.28. The molecule has 0 bridgehead atoms. The molecule has 1 aromatic carbocycles. The van der Waals surface area contributed by atoms with Gasteiger partial charge in [-0.3, -0.25) is 0 Å². The summed E-state index contributed by atoms with van der Waals surface area (Å²) in [6, 6.07) is 8.32. The molecule has 0 fully saturated rings. The number of thioether (sulfide) groups is 1. The van der Waals surface area contributed by atoms with Crippen LogP contribution in [0, 0.1) is 12.3 Å². The van der Waals surface area contributed by atoms with Gasteiger partial charge in [0.15, 0.2) is 0 Å². The van der Waals surface area contributed by atoms with E-state index >= 15 is 0 Å². The summed E-state index contributed by atoms with van der Waals surface area (Å²) in [5.74, 6) is 3.64. The van der Waals surface area contributed by atoms with Crippen LogP contribution >= 0.6 is 27.7 Å². The molecular weight excluding hydrogens is 270 g/mol. The van der Waals surface area contributed by atoms with E-state index in [1.807, 2.05) is 18.2 Å². The van der Waals surface area contributed by atoms with E-state index in [1.165, 1.54) is 4.90 Å². The van der Waals surface area contributed by atoms with Gasteiger partial charge in [-0.05, 0) is 34.6 Å². The summed E-state index contributed by atoms with van der Waals surface area (Å²) in [5, 5.41) is 3.25. The standard InChI is InChI=1S/C12H14BrNS/c1-3-10(14-4-2)9-15-12-8-6-5-7-11(12)13/h1,5-8,10,14H,4,9H2,2H3. The molecule has 3 heteroatoms. The Morgan fingerprint density at radius 2 is 2.27 bits per heavy atom. The smallest absolute Gasteiger partial charge is 0.0782 e. The van der Waals surface area contributed by atoms with Crippen LogP contribution in [0.4, 0.5) is 0 Å². The summed E-state index contributed by atoms with van der Waals surface area (Å²) in [6.07, 6.45) is 5.42. The monoisotopic (exact) mass is 283 g/mol. The fourth-order valence-electron chi connectivity index (χ4n) is 1.15. The van der Waals surface area contributed by atoms with Crippen molar-refractivity contribution in [1.82, 2.24) is 5.32 Å². The maximum absolute atomic E-state index is 5.42. The third-order valence-electron chi connectivity index (χ3n) is 1.89. The zero-order valence-corrected chi connectivity index (χ0v) is 11.1. The van der Waals surface area contributed by atoms with Crippen molar-refractivity contribution >= 4 is 27.7 Å².